The monoisotopic (exact) mass is 366 g/mol. The summed E-state index contributed by atoms with van der Waals surface area (Å²) in [5.41, 5.74) is 1.68. The molecule has 2 rings (SSSR count). The summed E-state index contributed by atoms with van der Waals surface area (Å²) < 4.78 is 27.6. The average molecular weight is 367 g/mol. The standard InChI is InChI=1S/C18H30N4O2S/c1-14-9-10-15(2)17(13-14)25(23,24)21-12-11-20-18(19-3)22-16-7-5-4-6-8-16/h9-10,13,16,21H,4-8,11-12H2,1-3H3,(H2,19,20,22). The predicted octanol–water partition coefficient (Wildman–Crippen LogP) is 2.08. The van der Waals surface area contributed by atoms with Gasteiger partial charge in [0.1, 0.15) is 0 Å². The molecular weight excluding hydrogens is 336 g/mol. The summed E-state index contributed by atoms with van der Waals surface area (Å²) >= 11 is 0. The summed E-state index contributed by atoms with van der Waals surface area (Å²) in [6, 6.07) is 5.91. The minimum atomic E-state index is -3.50. The van der Waals surface area contributed by atoms with Crippen LogP contribution in [0.25, 0.3) is 0 Å². The van der Waals surface area contributed by atoms with Gasteiger partial charge in [0.15, 0.2) is 5.96 Å². The maximum absolute atomic E-state index is 12.5. The summed E-state index contributed by atoms with van der Waals surface area (Å²) in [6.07, 6.45) is 6.15. The highest BCUT2D eigenvalue weighted by molar-refractivity contribution is 7.89. The highest BCUT2D eigenvalue weighted by atomic mass is 32.2. The molecule has 0 atom stereocenters. The molecule has 0 radical (unpaired) electrons. The molecule has 0 heterocycles. The highest BCUT2D eigenvalue weighted by Gasteiger charge is 2.17. The van der Waals surface area contributed by atoms with E-state index in [4.69, 9.17) is 0 Å². The number of nitrogens with zero attached hydrogens (tertiary/aromatic N) is 1. The van der Waals surface area contributed by atoms with Gasteiger partial charge in [0, 0.05) is 26.2 Å². The van der Waals surface area contributed by atoms with Crippen LogP contribution in [-0.4, -0.2) is 40.6 Å². The van der Waals surface area contributed by atoms with Crippen LogP contribution < -0.4 is 15.4 Å². The molecule has 0 spiro atoms. The van der Waals surface area contributed by atoms with E-state index in [1.807, 2.05) is 26.0 Å². The van der Waals surface area contributed by atoms with Crippen molar-refractivity contribution in [3.8, 4) is 0 Å². The van der Waals surface area contributed by atoms with Gasteiger partial charge in [-0.2, -0.15) is 0 Å². The first-order valence-electron chi connectivity index (χ1n) is 8.96. The van der Waals surface area contributed by atoms with Crippen LogP contribution in [0, 0.1) is 13.8 Å². The molecule has 25 heavy (non-hydrogen) atoms. The molecule has 1 aromatic rings. The van der Waals surface area contributed by atoms with Gasteiger partial charge in [0.2, 0.25) is 10.0 Å². The zero-order valence-electron chi connectivity index (χ0n) is 15.4. The van der Waals surface area contributed by atoms with E-state index in [0.717, 1.165) is 17.1 Å². The number of guanidine groups is 1. The fourth-order valence-corrected chi connectivity index (χ4v) is 4.44. The lowest BCUT2D eigenvalue weighted by Crippen LogP contribution is -2.46. The first kappa shape index (κ1) is 19.7. The van der Waals surface area contributed by atoms with Crippen LogP contribution in [0.4, 0.5) is 0 Å². The summed E-state index contributed by atoms with van der Waals surface area (Å²) in [5, 5.41) is 6.59. The molecule has 0 amide bonds. The number of hydrogen-bond acceptors (Lipinski definition) is 3. The molecule has 1 aliphatic rings. The van der Waals surface area contributed by atoms with E-state index in [2.05, 4.69) is 20.3 Å². The van der Waals surface area contributed by atoms with Crippen LogP contribution in [0.2, 0.25) is 0 Å². The van der Waals surface area contributed by atoms with Crippen molar-refractivity contribution in [3.63, 3.8) is 0 Å². The zero-order valence-corrected chi connectivity index (χ0v) is 16.2. The Kier molecular flexibility index (Phi) is 7.25. The Hall–Kier alpha value is -1.60. The molecule has 0 aromatic heterocycles. The lowest BCUT2D eigenvalue weighted by molar-refractivity contribution is 0.410. The molecule has 0 bridgehead atoms. The van der Waals surface area contributed by atoms with Crippen LogP contribution in [0.15, 0.2) is 28.1 Å². The maximum atomic E-state index is 12.5. The van der Waals surface area contributed by atoms with Gasteiger partial charge in [-0.05, 0) is 43.9 Å². The molecule has 7 heteroatoms. The van der Waals surface area contributed by atoms with E-state index < -0.39 is 10.0 Å². The van der Waals surface area contributed by atoms with Crippen molar-refractivity contribution in [1.29, 1.82) is 0 Å². The van der Waals surface area contributed by atoms with Crippen molar-refractivity contribution < 1.29 is 8.42 Å². The van der Waals surface area contributed by atoms with Gasteiger partial charge in [0.25, 0.3) is 0 Å². The van der Waals surface area contributed by atoms with Crippen molar-refractivity contribution >= 4 is 16.0 Å². The van der Waals surface area contributed by atoms with Crippen molar-refractivity contribution in [2.45, 2.75) is 56.9 Å². The first-order valence-corrected chi connectivity index (χ1v) is 10.4. The van der Waals surface area contributed by atoms with Gasteiger partial charge >= 0.3 is 0 Å². The third-order valence-corrected chi connectivity index (χ3v) is 6.12. The van der Waals surface area contributed by atoms with E-state index >= 15 is 0 Å². The van der Waals surface area contributed by atoms with E-state index in [1.54, 1.807) is 13.1 Å². The van der Waals surface area contributed by atoms with Crippen LogP contribution in [0.1, 0.15) is 43.2 Å². The smallest absolute Gasteiger partial charge is 0.240 e. The minimum Gasteiger partial charge on any atom is -0.355 e. The van der Waals surface area contributed by atoms with Crippen LogP contribution in [0.3, 0.4) is 0 Å². The van der Waals surface area contributed by atoms with Crippen LogP contribution in [-0.2, 0) is 10.0 Å². The Bertz CT molecular complexity index is 695. The zero-order chi connectivity index (χ0) is 18.3. The Morgan fingerprint density at radius 2 is 1.88 bits per heavy atom. The maximum Gasteiger partial charge on any atom is 0.240 e. The lowest BCUT2D eigenvalue weighted by atomic mass is 9.96. The fourth-order valence-electron chi connectivity index (χ4n) is 3.08. The van der Waals surface area contributed by atoms with Gasteiger partial charge in [-0.25, -0.2) is 13.1 Å². The third-order valence-electron chi connectivity index (χ3n) is 4.51. The van der Waals surface area contributed by atoms with Gasteiger partial charge in [0.05, 0.1) is 4.90 Å². The molecule has 1 aliphatic carbocycles. The SMILES string of the molecule is CN=C(NCCNS(=O)(=O)c1cc(C)ccc1C)NC1CCCCC1. The lowest BCUT2D eigenvalue weighted by Gasteiger charge is -2.24. The molecule has 0 unspecified atom stereocenters. The number of benzene rings is 1. The average Bonchev–Trinajstić information content (AvgIpc) is 2.60. The van der Waals surface area contributed by atoms with Crippen molar-refractivity contribution in [1.82, 2.24) is 15.4 Å². The Balaban J connectivity index is 1.81. The van der Waals surface area contributed by atoms with Gasteiger partial charge in [-0.3, -0.25) is 4.99 Å². The van der Waals surface area contributed by atoms with Gasteiger partial charge in [-0.15, -0.1) is 0 Å². The molecule has 0 saturated heterocycles. The van der Waals surface area contributed by atoms with Gasteiger partial charge in [-0.1, -0.05) is 31.4 Å². The number of aliphatic imine (C=N–C) groups is 1. The second-order valence-corrected chi connectivity index (χ2v) is 8.38. The minimum absolute atomic E-state index is 0.307. The van der Waals surface area contributed by atoms with Gasteiger partial charge < -0.3 is 10.6 Å². The fraction of sp³-hybridized carbons (Fsp3) is 0.611. The van der Waals surface area contributed by atoms with E-state index in [-0.39, 0.29) is 0 Å². The van der Waals surface area contributed by atoms with Crippen molar-refractivity contribution in [3.05, 3.63) is 29.3 Å². The second kappa shape index (κ2) is 9.20. The molecule has 1 aromatic carbocycles. The summed E-state index contributed by atoms with van der Waals surface area (Å²) in [5.74, 6) is 0.734. The second-order valence-electron chi connectivity index (χ2n) is 6.64. The molecule has 1 fully saturated rings. The predicted molar refractivity (Wildman–Crippen MR) is 102 cm³/mol. The topological polar surface area (TPSA) is 82.6 Å². The first-order chi connectivity index (χ1) is 11.9. The Morgan fingerprint density at radius 3 is 2.56 bits per heavy atom. The Labute approximate surface area is 151 Å². The molecule has 0 aliphatic heterocycles. The number of hydrogen-bond donors (Lipinski definition) is 3. The summed E-state index contributed by atoms with van der Waals surface area (Å²) in [4.78, 5) is 4.56. The Morgan fingerprint density at radius 1 is 1.16 bits per heavy atom. The molecule has 140 valence electrons. The molecular formula is C18H30N4O2S. The number of rotatable bonds is 6. The van der Waals surface area contributed by atoms with Crippen molar-refractivity contribution in [2.24, 2.45) is 4.99 Å². The number of nitrogens with one attached hydrogen (secondary N) is 3. The third kappa shape index (κ3) is 6.01. The normalized spacial score (nSPS) is 16.7. The molecule has 6 nitrogen and oxygen atoms in total. The van der Waals surface area contributed by atoms with E-state index in [9.17, 15) is 8.42 Å². The number of aryl methyl sites for hydroxylation is 2. The van der Waals surface area contributed by atoms with E-state index in [1.165, 1.54) is 32.1 Å². The van der Waals surface area contributed by atoms with Crippen LogP contribution >= 0.6 is 0 Å². The summed E-state index contributed by atoms with van der Waals surface area (Å²) in [6.45, 7) is 4.49. The largest absolute Gasteiger partial charge is 0.355 e. The number of sulfonamides is 1. The van der Waals surface area contributed by atoms with Crippen molar-refractivity contribution in [2.75, 3.05) is 20.1 Å². The highest BCUT2D eigenvalue weighted by Crippen LogP contribution is 2.17. The quantitative estimate of drug-likeness (QED) is 0.409. The van der Waals surface area contributed by atoms with E-state index in [0.29, 0.717) is 24.0 Å². The molecule has 1 saturated carbocycles. The summed E-state index contributed by atoms with van der Waals surface area (Å²) in [7, 11) is -1.76. The molecule has 3 N–H and O–H groups in total. The van der Waals surface area contributed by atoms with Crippen LogP contribution in [0.5, 0.6) is 0 Å².